The van der Waals surface area contributed by atoms with Crippen LogP contribution in [0, 0.1) is 12.7 Å². The van der Waals surface area contributed by atoms with Crippen molar-refractivity contribution in [3.63, 3.8) is 0 Å². The summed E-state index contributed by atoms with van der Waals surface area (Å²) in [4.78, 5) is 13.0. The number of carbonyl (C=O) groups is 1. The van der Waals surface area contributed by atoms with Crippen LogP contribution in [0.3, 0.4) is 0 Å². The molecule has 0 radical (unpaired) electrons. The lowest BCUT2D eigenvalue weighted by Gasteiger charge is -2.23. The number of halogens is 4. The predicted octanol–water partition coefficient (Wildman–Crippen LogP) is 6.60. The largest absolute Gasteiger partial charge is 0.324 e. The molecule has 0 fully saturated rings. The SMILES string of the molecule is CCc1cc(Br)cc(C)c1NC(=O)CN(Cc1c(F)cccc1Cl)S(=O)(=O)c1ccc(Cl)cc1. The lowest BCUT2D eigenvalue weighted by atomic mass is 10.1. The molecule has 0 aliphatic heterocycles. The number of benzene rings is 3. The van der Waals surface area contributed by atoms with Gasteiger partial charge in [-0.2, -0.15) is 4.31 Å². The Balaban J connectivity index is 1.97. The van der Waals surface area contributed by atoms with Crippen molar-refractivity contribution in [2.75, 3.05) is 11.9 Å². The van der Waals surface area contributed by atoms with Crippen LogP contribution in [0.1, 0.15) is 23.6 Å². The summed E-state index contributed by atoms with van der Waals surface area (Å²) in [7, 11) is -4.19. The number of nitrogens with one attached hydrogen (secondary N) is 1. The van der Waals surface area contributed by atoms with Gasteiger partial charge in [-0.15, -0.1) is 0 Å². The zero-order valence-corrected chi connectivity index (χ0v) is 22.3. The van der Waals surface area contributed by atoms with Gasteiger partial charge in [0.05, 0.1) is 11.4 Å². The van der Waals surface area contributed by atoms with Crippen molar-refractivity contribution < 1.29 is 17.6 Å². The molecular formula is C24H22BrCl2FN2O3S. The number of aryl methyl sites for hydroxylation is 2. The summed E-state index contributed by atoms with van der Waals surface area (Å²) in [6, 6.07) is 13.4. The van der Waals surface area contributed by atoms with E-state index in [4.69, 9.17) is 23.2 Å². The van der Waals surface area contributed by atoms with Gasteiger partial charge in [-0.1, -0.05) is 52.1 Å². The Bertz CT molecular complexity index is 1300. The second kappa shape index (κ2) is 11.2. The summed E-state index contributed by atoms with van der Waals surface area (Å²) in [5.74, 6) is -1.23. The Labute approximate surface area is 217 Å². The van der Waals surface area contributed by atoms with Crippen molar-refractivity contribution in [2.24, 2.45) is 0 Å². The molecule has 5 nitrogen and oxygen atoms in total. The standard InChI is InChI=1S/C24H22BrCl2FN2O3S/c1-3-16-12-17(25)11-15(2)24(16)29-23(31)14-30(13-20-21(27)5-4-6-22(20)28)34(32,33)19-9-7-18(26)8-10-19/h4-12H,3,13-14H2,1-2H3,(H,29,31). The van der Waals surface area contributed by atoms with E-state index in [1.165, 1.54) is 42.5 Å². The third-order valence-electron chi connectivity index (χ3n) is 5.19. The van der Waals surface area contributed by atoms with Crippen LogP contribution >= 0.6 is 39.1 Å². The minimum Gasteiger partial charge on any atom is -0.324 e. The van der Waals surface area contributed by atoms with Crippen LogP contribution in [-0.4, -0.2) is 25.2 Å². The summed E-state index contributed by atoms with van der Waals surface area (Å²) in [6.45, 7) is 2.83. The van der Waals surface area contributed by atoms with Crippen molar-refractivity contribution in [1.29, 1.82) is 0 Å². The number of nitrogens with zero attached hydrogens (tertiary/aromatic N) is 1. The quantitative estimate of drug-likeness (QED) is 0.323. The maximum atomic E-state index is 14.5. The summed E-state index contributed by atoms with van der Waals surface area (Å²) < 4.78 is 43.1. The molecule has 0 saturated heterocycles. The predicted molar refractivity (Wildman–Crippen MR) is 137 cm³/mol. The smallest absolute Gasteiger partial charge is 0.243 e. The molecule has 34 heavy (non-hydrogen) atoms. The summed E-state index contributed by atoms with van der Waals surface area (Å²) in [5.41, 5.74) is 2.31. The van der Waals surface area contributed by atoms with Crippen molar-refractivity contribution in [1.82, 2.24) is 4.31 Å². The fourth-order valence-electron chi connectivity index (χ4n) is 3.45. The molecule has 10 heteroatoms. The molecule has 0 spiro atoms. The molecule has 1 N–H and O–H groups in total. The Hall–Kier alpha value is -1.97. The molecule has 3 aromatic carbocycles. The van der Waals surface area contributed by atoms with Gasteiger partial charge in [0.25, 0.3) is 0 Å². The molecule has 3 rings (SSSR count). The topological polar surface area (TPSA) is 66.5 Å². The Kier molecular flexibility index (Phi) is 8.76. The number of rotatable bonds is 8. The third kappa shape index (κ3) is 6.17. The number of amides is 1. The molecule has 0 heterocycles. The molecule has 0 aromatic heterocycles. The van der Waals surface area contributed by atoms with Crippen LogP contribution in [0.25, 0.3) is 0 Å². The molecule has 0 saturated carbocycles. The molecule has 0 unspecified atom stereocenters. The first-order valence-electron chi connectivity index (χ1n) is 10.3. The molecule has 0 bridgehead atoms. The fraction of sp³-hybridized carbons (Fsp3) is 0.208. The van der Waals surface area contributed by atoms with Gasteiger partial charge in [0.15, 0.2) is 0 Å². The Morgan fingerprint density at radius 2 is 1.79 bits per heavy atom. The first kappa shape index (κ1) is 26.6. The average molecular weight is 588 g/mol. The van der Waals surface area contributed by atoms with E-state index in [0.717, 1.165) is 19.9 Å². The van der Waals surface area contributed by atoms with Gasteiger partial charge in [0, 0.05) is 32.3 Å². The second-order valence-electron chi connectivity index (χ2n) is 7.59. The van der Waals surface area contributed by atoms with E-state index in [1.54, 1.807) is 0 Å². The minimum absolute atomic E-state index is 0.0245. The highest BCUT2D eigenvalue weighted by atomic mass is 79.9. The Morgan fingerprint density at radius 3 is 2.41 bits per heavy atom. The van der Waals surface area contributed by atoms with Crippen molar-refractivity contribution in [3.05, 3.63) is 91.6 Å². The molecule has 0 aliphatic rings. The third-order valence-corrected chi connectivity index (χ3v) is 8.06. The highest BCUT2D eigenvalue weighted by Gasteiger charge is 2.29. The first-order valence-corrected chi connectivity index (χ1v) is 13.3. The van der Waals surface area contributed by atoms with E-state index in [9.17, 15) is 17.6 Å². The lowest BCUT2D eigenvalue weighted by molar-refractivity contribution is -0.116. The molecule has 180 valence electrons. The van der Waals surface area contributed by atoms with Crippen molar-refractivity contribution in [3.8, 4) is 0 Å². The van der Waals surface area contributed by atoms with Crippen molar-refractivity contribution in [2.45, 2.75) is 31.7 Å². The maximum absolute atomic E-state index is 14.5. The number of anilines is 1. The zero-order valence-electron chi connectivity index (χ0n) is 18.4. The number of sulfonamides is 1. The molecule has 0 aliphatic carbocycles. The molecule has 1 amide bonds. The van der Waals surface area contributed by atoms with Gasteiger partial charge >= 0.3 is 0 Å². The van der Waals surface area contributed by atoms with Gasteiger partial charge < -0.3 is 5.32 Å². The van der Waals surface area contributed by atoms with Crippen molar-refractivity contribution >= 4 is 60.7 Å². The highest BCUT2D eigenvalue weighted by molar-refractivity contribution is 9.10. The molecule has 3 aromatic rings. The van der Waals surface area contributed by atoms with Gasteiger partial charge in [-0.05, 0) is 73.0 Å². The molecular weight excluding hydrogens is 566 g/mol. The maximum Gasteiger partial charge on any atom is 0.243 e. The van der Waals surface area contributed by atoms with Crippen LogP contribution in [0.15, 0.2) is 64.0 Å². The highest BCUT2D eigenvalue weighted by Crippen LogP contribution is 2.28. The normalized spacial score (nSPS) is 11.6. The van der Waals surface area contributed by atoms with Crippen LogP contribution in [0.4, 0.5) is 10.1 Å². The zero-order chi connectivity index (χ0) is 25.0. The van der Waals surface area contributed by atoms with Crippen LogP contribution in [-0.2, 0) is 27.8 Å². The average Bonchev–Trinajstić information content (AvgIpc) is 2.77. The van der Waals surface area contributed by atoms with Gasteiger partial charge in [-0.3, -0.25) is 4.79 Å². The van der Waals surface area contributed by atoms with E-state index >= 15 is 0 Å². The number of hydrogen-bond acceptors (Lipinski definition) is 3. The fourth-order valence-corrected chi connectivity index (χ4v) is 5.78. The number of carbonyl (C=O) groups excluding carboxylic acids is 1. The van der Waals surface area contributed by atoms with Crippen LogP contribution in [0.2, 0.25) is 10.0 Å². The second-order valence-corrected chi connectivity index (χ2v) is 11.3. The lowest BCUT2D eigenvalue weighted by Crippen LogP contribution is -2.38. The van der Waals surface area contributed by atoms with E-state index in [2.05, 4.69) is 21.2 Å². The minimum atomic E-state index is -4.19. The van der Waals surface area contributed by atoms with E-state index in [0.29, 0.717) is 17.1 Å². The summed E-state index contributed by atoms with van der Waals surface area (Å²) >= 11 is 15.5. The van der Waals surface area contributed by atoms with Crippen LogP contribution in [0.5, 0.6) is 0 Å². The first-order chi connectivity index (χ1) is 16.0. The van der Waals surface area contributed by atoms with Crippen LogP contribution < -0.4 is 5.32 Å². The monoisotopic (exact) mass is 586 g/mol. The van der Waals surface area contributed by atoms with Gasteiger partial charge in [0.2, 0.25) is 15.9 Å². The van der Waals surface area contributed by atoms with E-state index in [1.807, 2.05) is 26.0 Å². The number of hydrogen-bond donors (Lipinski definition) is 1. The van der Waals surface area contributed by atoms with E-state index < -0.39 is 34.8 Å². The Morgan fingerprint density at radius 1 is 1.12 bits per heavy atom. The summed E-state index contributed by atoms with van der Waals surface area (Å²) in [6.07, 6.45) is 0.660. The van der Waals surface area contributed by atoms with Gasteiger partial charge in [-0.25, -0.2) is 12.8 Å². The molecule has 0 atom stereocenters. The van der Waals surface area contributed by atoms with Gasteiger partial charge in [0.1, 0.15) is 5.82 Å². The van der Waals surface area contributed by atoms with E-state index in [-0.39, 0.29) is 15.5 Å². The summed E-state index contributed by atoms with van der Waals surface area (Å²) in [5, 5.41) is 3.24.